The predicted octanol–water partition coefficient (Wildman–Crippen LogP) is 5.97. The van der Waals surface area contributed by atoms with E-state index in [4.69, 9.17) is 4.74 Å². The Morgan fingerprint density at radius 3 is 1.98 bits per heavy atom. The Hall–Kier alpha value is -4.84. The second kappa shape index (κ2) is 21.1. The summed E-state index contributed by atoms with van der Waals surface area (Å²) in [6, 6.07) is 12.6. The fourth-order valence-corrected chi connectivity index (χ4v) is 8.32. The number of methoxy groups -OCH3 is 1. The van der Waals surface area contributed by atoms with Crippen LogP contribution in [0.3, 0.4) is 0 Å². The monoisotopic (exact) mass is 828 g/mol. The number of esters is 1. The van der Waals surface area contributed by atoms with Gasteiger partial charge in [0.1, 0.15) is 18.1 Å². The lowest BCUT2D eigenvalue weighted by Gasteiger charge is -2.42. The van der Waals surface area contributed by atoms with Crippen LogP contribution >= 0.6 is 0 Å². The van der Waals surface area contributed by atoms with E-state index >= 15 is 0 Å². The summed E-state index contributed by atoms with van der Waals surface area (Å²) in [5.74, 6) is -1.61. The molecule has 2 aliphatic heterocycles. The van der Waals surface area contributed by atoms with Crippen molar-refractivity contribution in [1.82, 2.24) is 25.3 Å². The van der Waals surface area contributed by atoms with E-state index in [0.717, 1.165) is 31.4 Å². The quantitative estimate of drug-likeness (QED) is 0.120. The van der Waals surface area contributed by atoms with Crippen molar-refractivity contribution in [3.63, 3.8) is 0 Å². The summed E-state index contributed by atoms with van der Waals surface area (Å²) in [5.41, 5.74) is 1.58. The van der Waals surface area contributed by atoms with Gasteiger partial charge in [0.05, 0.1) is 19.2 Å². The number of amides is 4. The summed E-state index contributed by atoms with van der Waals surface area (Å²) >= 11 is 0. The fourth-order valence-electron chi connectivity index (χ4n) is 8.32. The Morgan fingerprint density at radius 1 is 0.800 bits per heavy atom. The number of hydrogen-bond donors (Lipinski definition) is 2. The topological polar surface area (TPSA) is 145 Å². The molecule has 2 aliphatic rings. The van der Waals surface area contributed by atoms with Crippen molar-refractivity contribution in [2.45, 2.75) is 137 Å². The van der Waals surface area contributed by atoms with Gasteiger partial charge in [-0.2, -0.15) is 0 Å². The van der Waals surface area contributed by atoms with Crippen molar-refractivity contribution < 1.29 is 33.5 Å². The SMILES string of the molecule is COC(=O)[C@H](Cc1ccc(C(=O)c2ccccc2)cc1)NC(=O)C1CCCN1C(=O)/C(C)=C/[C@H](C(C)C)N(C)C(=O)C(NC(=O)[C@H]1CCCCN1C(C)C(C)C)C(C)(C)C. The highest BCUT2D eigenvalue weighted by molar-refractivity contribution is 6.09. The van der Waals surface area contributed by atoms with E-state index < -0.39 is 41.5 Å². The van der Waals surface area contributed by atoms with Crippen LogP contribution in [-0.4, -0.2) is 114 Å². The summed E-state index contributed by atoms with van der Waals surface area (Å²) < 4.78 is 5.05. The molecule has 2 fully saturated rings. The minimum absolute atomic E-state index is 0.0808. The van der Waals surface area contributed by atoms with Crippen LogP contribution in [0.4, 0.5) is 0 Å². The predicted molar refractivity (Wildman–Crippen MR) is 234 cm³/mol. The van der Waals surface area contributed by atoms with Crippen molar-refractivity contribution >= 4 is 35.4 Å². The van der Waals surface area contributed by atoms with Gasteiger partial charge in [-0.05, 0) is 68.9 Å². The van der Waals surface area contributed by atoms with E-state index in [1.54, 1.807) is 73.5 Å². The molecule has 0 spiro atoms. The highest BCUT2D eigenvalue weighted by Crippen LogP contribution is 2.28. The maximum Gasteiger partial charge on any atom is 0.328 e. The average molecular weight is 828 g/mol. The van der Waals surface area contributed by atoms with Crippen LogP contribution in [0, 0.1) is 17.3 Å². The number of carbonyl (C=O) groups is 6. The van der Waals surface area contributed by atoms with E-state index in [9.17, 15) is 28.8 Å². The minimum atomic E-state index is -1.02. The van der Waals surface area contributed by atoms with Gasteiger partial charge < -0.3 is 25.2 Å². The second-order valence-corrected chi connectivity index (χ2v) is 18.4. The maximum atomic E-state index is 14.4. The molecule has 4 rings (SSSR count). The highest BCUT2D eigenvalue weighted by Gasteiger charge is 2.41. The molecule has 60 heavy (non-hydrogen) atoms. The third-order valence-corrected chi connectivity index (χ3v) is 12.3. The van der Waals surface area contributed by atoms with Gasteiger partial charge in [-0.3, -0.25) is 28.9 Å². The lowest BCUT2D eigenvalue weighted by Crippen LogP contribution is -2.61. The number of ketones is 1. The molecule has 2 heterocycles. The van der Waals surface area contributed by atoms with Crippen LogP contribution in [0.2, 0.25) is 0 Å². The molecule has 0 aliphatic carbocycles. The number of rotatable bonds is 16. The van der Waals surface area contributed by atoms with Crippen LogP contribution in [-0.2, 0) is 35.1 Å². The largest absolute Gasteiger partial charge is 0.467 e. The molecule has 0 aromatic heterocycles. The van der Waals surface area contributed by atoms with E-state index in [-0.39, 0.29) is 47.9 Å². The minimum Gasteiger partial charge on any atom is -0.467 e. The first-order valence-electron chi connectivity index (χ1n) is 21.7. The van der Waals surface area contributed by atoms with E-state index in [1.807, 2.05) is 40.7 Å². The van der Waals surface area contributed by atoms with Crippen LogP contribution in [0.1, 0.15) is 116 Å². The third-order valence-electron chi connectivity index (χ3n) is 12.3. The first-order chi connectivity index (χ1) is 28.3. The summed E-state index contributed by atoms with van der Waals surface area (Å²) in [7, 11) is 2.97. The van der Waals surface area contributed by atoms with Crippen LogP contribution in [0.15, 0.2) is 66.2 Å². The van der Waals surface area contributed by atoms with Gasteiger partial charge in [-0.15, -0.1) is 0 Å². The number of carbonyl (C=O) groups excluding carboxylic acids is 6. The number of likely N-dealkylation sites (N-methyl/N-ethyl adjacent to an activating group) is 1. The summed E-state index contributed by atoms with van der Waals surface area (Å²) in [6.45, 7) is 19.2. The number of benzene rings is 2. The summed E-state index contributed by atoms with van der Waals surface area (Å²) in [4.78, 5) is 87.6. The Bertz CT molecular complexity index is 1850. The molecule has 12 heteroatoms. The fraction of sp³-hybridized carbons (Fsp3) is 0.583. The first-order valence-corrected chi connectivity index (χ1v) is 21.7. The van der Waals surface area contributed by atoms with Gasteiger partial charge in [0, 0.05) is 42.8 Å². The maximum absolute atomic E-state index is 14.4. The molecule has 3 unspecified atom stereocenters. The van der Waals surface area contributed by atoms with E-state index in [2.05, 4.69) is 36.3 Å². The Morgan fingerprint density at radius 2 is 1.40 bits per heavy atom. The lowest BCUT2D eigenvalue weighted by atomic mass is 9.84. The van der Waals surface area contributed by atoms with E-state index in [0.29, 0.717) is 42.0 Å². The van der Waals surface area contributed by atoms with Crippen LogP contribution in [0.5, 0.6) is 0 Å². The van der Waals surface area contributed by atoms with Crippen molar-refractivity contribution in [1.29, 1.82) is 0 Å². The Balaban J connectivity index is 1.47. The lowest BCUT2D eigenvalue weighted by molar-refractivity contribution is -0.146. The molecule has 2 aromatic carbocycles. The number of hydrogen-bond acceptors (Lipinski definition) is 8. The summed E-state index contributed by atoms with van der Waals surface area (Å²) in [5, 5.41) is 5.99. The van der Waals surface area contributed by atoms with Gasteiger partial charge in [0.2, 0.25) is 23.6 Å². The molecule has 12 nitrogen and oxygen atoms in total. The normalized spacial score (nSPS) is 19.6. The number of ether oxygens (including phenoxy) is 1. The number of likely N-dealkylation sites (tertiary alicyclic amines) is 2. The molecule has 6 atom stereocenters. The van der Waals surface area contributed by atoms with Gasteiger partial charge in [-0.25, -0.2) is 4.79 Å². The molecule has 2 aromatic rings. The molecule has 4 amide bonds. The van der Waals surface area contributed by atoms with Crippen molar-refractivity contribution in [3.8, 4) is 0 Å². The zero-order valence-electron chi connectivity index (χ0n) is 37.7. The Kier molecular flexibility index (Phi) is 16.8. The van der Waals surface area contributed by atoms with Crippen LogP contribution < -0.4 is 10.6 Å². The molecule has 2 N–H and O–H groups in total. The highest BCUT2D eigenvalue weighted by atomic mass is 16.5. The molecular weight excluding hydrogens is 759 g/mol. The first kappa shape index (κ1) is 47.8. The Labute approximate surface area is 357 Å². The number of piperidine rings is 1. The summed E-state index contributed by atoms with van der Waals surface area (Å²) in [6.07, 6.45) is 5.68. The van der Waals surface area contributed by atoms with Gasteiger partial charge >= 0.3 is 5.97 Å². The molecule has 328 valence electrons. The van der Waals surface area contributed by atoms with Gasteiger partial charge in [-0.1, -0.05) is 116 Å². The molecule has 0 saturated carbocycles. The smallest absolute Gasteiger partial charge is 0.328 e. The van der Waals surface area contributed by atoms with Gasteiger partial charge in [0.25, 0.3) is 0 Å². The van der Waals surface area contributed by atoms with Gasteiger partial charge in [0.15, 0.2) is 5.78 Å². The van der Waals surface area contributed by atoms with E-state index in [1.165, 1.54) is 12.0 Å². The molecule has 2 saturated heterocycles. The average Bonchev–Trinajstić information content (AvgIpc) is 3.73. The van der Waals surface area contributed by atoms with Crippen molar-refractivity contribution in [2.24, 2.45) is 17.3 Å². The van der Waals surface area contributed by atoms with Crippen molar-refractivity contribution in [2.75, 3.05) is 27.2 Å². The zero-order valence-corrected chi connectivity index (χ0v) is 37.7. The molecular formula is C48H69N5O7. The zero-order chi connectivity index (χ0) is 44.5. The number of nitrogens with one attached hydrogen (secondary N) is 2. The van der Waals surface area contributed by atoms with Crippen LogP contribution in [0.25, 0.3) is 0 Å². The third kappa shape index (κ3) is 11.9. The molecule has 0 bridgehead atoms. The van der Waals surface area contributed by atoms with Crippen molar-refractivity contribution in [3.05, 3.63) is 82.9 Å². The standard InChI is InChI=1S/C48H69N5O7/c1-30(2)33(6)52-26-16-15-20-38(52)44(56)50-42(48(7,8)9)46(58)51(10)40(31(3)4)28-32(5)45(57)53-27-17-21-39(53)43(55)49-37(47(59)60-11)29-34-22-24-36(25-23-34)41(54)35-18-13-12-14-19-35/h12-14,18-19,22-25,28,30-31,33,37-40,42H,15-17,20-21,26-27,29H2,1-11H3,(H,49,55)(H,50,56)/b32-28+/t33?,37-,38+,39?,40+,42?/m0/s1. The number of nitrogens with zero attached hydrogens (tertiary/aromatic N) is 3. The second-order valence-electron chi connectivity index (χ2n) is 18.4. The molecule has 0 radical (unpaired) electrons.